The third-order valence-corrected chi connectivity index (χ3v) is 2.83. The van der Waals surface area contributed by atoms with E-state index in [0.717, 1.165) is 11.4 Å². The number of aromatic nitrogens is 4. The fourth-order valence-electron chi connectivity index (χ4n) is 1.85. The lowest BCUT2D eigenvalue weighted by Gasteiger charge is -2.10. The Morgan fingerprint density at radius 2 is 2.25 bits per heavy atom. The van der Waals surface area contributed by atoms with Gasteiger partial charge in [-0.1, -0.05) is 17.7 Å². The predicted octanol–water partition coefficient (Wildman–Crippen LogP) is 2.92. The first-order valence-corrected chi connectivity index (χ1v) is 6.50. The van der Waals surface area contributed by atoms with Crippen molar-refractivity contribution in [1.29, 1.82) is 0 Å². The summed E-state index contributed by atoms with van der Waals surface area (Å²) in [4.78, 5) is 8.10. The van der Waals surface area contributed by atoms with Crippen LogP contribution in [0.25, 0.3) is 5.78 Å². The highest BCUT2D eigenvalue weighted by Crippen LogP contribution is 2.23. The molecule has 0 aliphatic rings. The Labute approximate surface area is 120 Å². The molecule has 0 atom stereocenters. The average molecular weight is 290 g/mol. The molecule has 0 bridgehead atoms. The van der Waals surface area contributed by atoms with Crippen molar-refractivity contribution < 1.29 is 4.74 Å². The van der Waals surface area contributed by atoms with Crippen molar-refractivity contribution in [3.8, 4) is 5.75 Å². The highest BCUT2D eigenvalue weighted by Gasteiger charge is 2.07. The SMILES string of the molecule is CCOc1cccc(Nc2cc(Cl)nc3ncnn23)c1. The fraction of sp³-hybridized carbons (Fsp3) is 0.154. The second-order valence-corrected chi connectivity index (χ2v) is 4.41. The third-order valence-electron chi connectivity index (χ3n) is 2.64. The minimum atomic E-state index is 0.356. The Kier molecular flexibility index (Phi) is 3.39. The van der Waals surface area contributed by atoms with E-state index in [9.17, 15) is 0 Å². The van der Waals surface area contributed by atoms with Gasteiger partial charge in [0.05, 0.1) is 6.61 Å². The molecule has 2 heterocycles. The fourth-order valence-corrected chi connectivity index (χ4v) is 2.03. The molecule has 1 N–H and O–H groups in total. The van der Waals surface area contributed by atoms with E-state index in [1.807, 2.05) is 31.2 Å². The lowest BCUT2D eigenvalue weighted by molar-refractivity contribution is 0.340. The molecule has 3 rings (SSSR count). The van der Waals surface area contributed by atoms with E-state index >= 15 is 0 Å². The summed E-state index contributed by atoms with van der Waals surface area (Å²) in [6, 6.07) is 9.34. The van der Waals surface area contributed by atoms with Crippen LogP contribution in [-0.2, 0) is 0 Å². The first-order chi connectivity index (χ1) is 9.76. The number of hydrogen-bond donors (Lipinski definition) is 1. The number of nitrogens with one attached hydrogen (secondary N) is 1. The first kappa shape index (κ1) is 12.7. The van der Waals surface area contributed by atoms with Gasteiger partial charge in [-0.05, 0) is 19.1 Å². The topological polar surface area (TPSA) is 64.3 Å². The van der Waals surface area contributed by atoms with Crippen LogP contribution < -0.4 is 10.1 Å². The van der Waals surface area contributed by atoms with E-state index < -0.39 is 0 Å². The van der Waals surface area contributed by atoms with Gasteiger partial charge in [0.1, 0.15) is 23.0 Å². The van der Waals surface area contributed by atoms with Gasteiger partial charge in [0.25, 0.3) is 5.78 Å². The molecule has 0 aliphatic carbocycles. The number of hydrogen-bond acceptors (Lipinski definition) is 5. The molecular weight excluding hydrogens is 278 g/mol. The molecule has 0 spiro atoms. The molecule has 2 aromatic heterocycles. The Bertz CT molecular complexity index is 742. The number of anilines is 2. The number of fused-ring (bicyclic) bond motifs is 1. The lowest BCUT2D eigenvalue weighted by atomic mass is 10.3. The molecule has 0 amide bonds. The van der Waals surface area contributed by atoms with Crippen molar-refractivity contribution in [3.05, 3.63) is 41.8 Å². The van der Waals surface area contributed by atoms with Crippen LogP contribution in [-0.4, -0.2) is 26.2 Å². The van der Waals surface area contributed by atoms with Gasteiger partial charge in [0.2, 0.25) is 0 Å². The van der Waals surface area contributed by atoms with Gasteiger partial charge in [0.15, 0.2) is 0 Å². The summed E-state index contributed by atoms with van der Waals surface area (Å²) < 4.78 is 7.05. The maximum absolute atomic E-state index is 5.97. The van der Waals surface area contributed by atoms with Crippen LogP contribution in [0.3, 0.4) is 0 Å². The predicted molar refractivity (Wildman–Crippen MR) is 76.7 cm³/mol. The molecule has 3 aromatic rings. The Hall–Kier alpha value is -2.34. The van der Waals surface area contributed by atoms with Gasteiger partial charge in [-0.15, -0.1) is 0 Å². The maximum atomic E-state index is 5.97. The minimum Gasteiger partial charge on any atom is -0.494 e. The second kappa shape index (κ2) is 5.34. The molecule has 1 aromatic carbocycles. The quantitative estimate of drug-likeness (QED) is 0.748. The van der Waals surface area contributed by atoms with Crippen LogP contribution >= 0.6 is 11.6 Å². The van der Waals surface area contributed by atoms with Crippen LogP contribution in [0.15, 0.2) is 36.7 Å². The maximum Gasteiger partial charge on any atom is 0.255 e. The van der Waals surface area contributed by atoms with Gasteiger partial charge in [-0.25, -0.2) is 0 Å². The normalized spacial score (nSPS) is 10.7. The van der Waals surface area contributed by atoms with E-state index in [-0.39, 0.29) is 0 Å². The van der Waals surface area contributed by atoms with Crippen LogP contribution in [0.5, 0.6) is 5.75 Å². The Morgan fingerprint density at radius 1 is 1.35 bits per heavy atom. The molecule has 0 radical (unpaired) electrons. The van der Waals surface area contributed by atoms with E-state index in [4.69, 9.17) is 16.3 Å². The van der Waals surface area contributed by atoms with Gasteiger partial charge in [-0.3, -0.25) is 0 Å². The van der Waals surface area contributed by atoms with Crippen molar-refractivity contribution in [2.45, 2.75) is 6.92 Å². The number of rotatable bonds is 4. The largest absolute Gasteiger partial charge is 0.494 e. The van der Waals surface area contributed by atoms with Crippen molar-refractivity contribution in [2.75, 3.05) is 11.9 Å². The van der Waals surface area contributed by atoms with E-state index in [1.54, 1.807) is 10.6 Å². The lowest BCUT2D eigenvalue weighted by Crippen LogP contribution is -2.02. The molecular formula is C13H12ClN5O. The highest BCUT2D eigenvalue weighted by atomic mass is 35.5. The van der Waals surface area contributed by atoms with Crippen molar-refractivity contribution in [3.63, 3.8) is 0 Å². The van der Waals surface area contributed by atoms with Crippen LogP contribution in [0.2, 0.25) is 5.15 Å². The van der Waals surface area contributed by atoms with Crippen LogP contribution in [0.1, 0.15) is 6.92 Å². The standard InChI is InChI=1S/C13H12ClN5O/c1-2-20-10-5-3-4-9(6-10)17-12-7-11(14)18-13-15-8-16-19(12)13/h3-8,17H,2H2,1H3. The molecule has 6 nitrogen and oxygen atoms in total. The molecule has 0 unspecified atom stereocenters. The highest BCUT2D eigenvalue weighted by molar-refractivity contribution is 6.29. The van der Waals surface area contributed by atoms with Crippen LogP contribution in [0.4, 0.5) is 11.5 Å². The second-order valence-electron chi connectivity index (χ2n) is 4.02. The molecule has 0 saturated heterocycles. The molecule has 0 fully saturated rings. The van der Waals surface area contributed by atoms with Crippen molar-refractivity contribution in [1.82, 2.24) is 19.6 Å². The minimum absolute atomic E-state index is 0.356. The number of ether oxygens (including phenoxy) is 1. The summed E-state index contributed by atoms with van der Waals surface area (Å²) in [7, 11) is 0. The molecule has 102 valence electrons. The van der Waals surface area contributed by atoms with E-state index in [0.29, 0.717) is 23.4 Å². The first-order valence-electron chi connectivity index (χ1n) is 6.12. The van der Waals surface area contributed by atoms with Gasteiger partial charge >= 0.3 is 0 Å². The summed E-state index contributed by atoms with van der Waals surface area (Å²) in [6.07, 6.45) is 1.43. The number of nitrogens with zero attached hydrogens (tertiary/aromatic N) is 4. The zero-order valence-electron chi connectivity index (χ0n) is 10.7. The molecule has 0 saturated carbocycles. The van der Waals surface area contributed by atoms with E-state index in [2.05, 4.69) is 20.4 Å². The van der Waals surface area contributed by atoms with Crippen LogP contribution in [0, 0.1) is 0 Å². The molecule has 7 heteroatoms. The van der Waals surface area contributed by atoms with E-state index in [1.165, 1.54) is 6.33 Å². The summed E-state index contributed by atoms with van der Waals surface area (Å²) in [6.45, 7) is 2.57. The molecule has 0 aliphatic heterocycles. The smallest absolute Gasteiger partial charge is 0.255 e. The number of benzene rings is 1. The number of halogens is 1. The summed E-state index contributed by atoms with van der Waals surface area (Å²) in [5.41, 5.74) is 0.870. The summed E-state index contributed by atoms with van der Waals surface area (Å²) >= 11 is 5.97. The Balaban J connectivity index is 1.96. The monoisotopic (exact) mass is 289 g/mol. The van der Waals surface area contributed by atoms with Gasteiger partial charge < -0.3 is 10.1 Å². The summed E-state index contributed by atoms with van der Waals surface area (Å²) in [5, 5.41) is 7.69. The van der Waals surface area contributed by atoms with Crippen molar-refractivity contribution in [2.24, 2.45) is 0 Å². The van der Waals surface area contributed by atoms with Gasteiger partial charge in [0, 0.05) is 17.8 Å². The average Bonchev–Trinajstić information content (AvgIpc) is 2.87. The zero-order valence-corrected chi connectivity index (χ0v) is 11.5. The summed E-state index contributed by atoms with van der Waals surface area (Å²) in [5.74, 6) is 1.93. The van der Waals surface area contributed by atoms with Crippen molar-refractivity contribution >= 4 is 28.9 Å². The zero-order chi connectivity index (χ0) is 13.9. The van der Waals surface area contributed by atoms with Gasteiger partial charge in [-0.2, -0.15) is 19.6 Å². The molecule has 20 heavy (non-hydrogen) atoms. The third kappa shape index (κ3) is 2.50. The Morgan fingerprint density at radius 3 is 3.10 bits per heavy atom.